The number of rotatable bonds is 7. The minimum absolute atomic E-state index is 0.0364. The van der Waals surface area contributed by atoms with E-state index in [4.69, 9.17) is 5.11 Å². The number of carbonyl (C=O) groups is 2. The molecular formula is C11H22N2O3. The van der Waals surface area contributed by atoms with Crippen LogP contribution in [0.4, 0.5) is 0 Å². The number of carboxylic acid groups (broad SMARTS) is 1. The predicted octanol–water partition coefficient (Wildman–Crippen LogP) is 0.746. The zero-order chi connectivity index (χ0) is 12.6. The minimum Gasteiger partial charge on any atom is -0.481 e. The van der Waals surface area contributed by atoms with E-state index in [2.05, 4.69) is 10.6 Å². The van der Waals surface area contributed by atoms with Gasteiger partial charge in [0.25, 0.3) is 0 Å². The Kier molecular flexibility index (Phi) is 6.72. The van der Waals surface area contributed by atoms with E-state index in [-0.39, 0.29) is 24.4 Å². The third-order valence-electron chi connectivity index (χ3n) is 1.79. The van der Waals surface area contributed by atoms with Crippen LogP contribution in [0.3, 0.4) is 0 Å². The minimum atomic E-state index is -0.773. The van der Waals surface area contributed by atoms with Gasteiger partial charge in [-0.3, -0.25) is 9.59 Å². The highest BCUT2D eigenvalue weighted by Crippen LogP contribution is 1.97. The van der Waals surface area contributed by atoms with Crippen molar-refractivity contribution in [3.05, 3.63) is 0 Å². The molecule has 0 aliphatic carbocycles. The Morgan fingerprint density at radius 1 is 1.19 bits per heavy atom. The molecule has 0 saturated heterocycles. The largest absolute Gasteiger partial charge is 0.481 e. The van der Waals surface area contributed by atoms with E-state index in [0.29, 0.717) is 13.0 Å². The van der Waals surface area contributed by atoms with Crippen molar-refractivity contribution in [2.75, 3.05) is 13.1 Å². The molecule has 5 heteroatoms. The number of hydrogen-bond donors (Lipinski definition) is 3. The number of aliphatic carboxylic acids is 1. The quantitative estimate of drug-likeness (QED) is 0.564. The van der Waals surface area contributed by atoms with Gasteiger partial charge >= 0.3 is 5.97 Å². The lowest BCUT2D eigenvalue weighted by Crippen LogP contribution is -2.44. The standard InChI is InChI=1S/C11H22N2O3/c1-11(2,3)13-9(14)8-12-7-5-4-6-10(15)16/h12H,4-8H2,1-3H3,(H,13,14)(H,15,16). The van der Waals surface area contributed by atoms with Gasteiger partial charge in [-0.15, -0.1) is 0 Å². The molecule has 16 heavy (non-hydrogen) atoms. The summed E-state index contributed by atoms with van der Waals surface area (Å²) >= 11 is 0. The Bertz CT molecular complexity index is 234. The van der Waals surface area contributed by atoms with Crippen LogP contribution in [0, 0.1) is 0 Å². The lowest BCUT2D eigenvalue weighted by atomic mass is 10.1. The van der Waals surface area contributed by atoms with Gasteiger partial charge in [-0.2, -0.15) is 0 Å². The second-order valence-electron chi connectivity index (χ2n) is 4.83. The summed E-state index contributed by atoms with van der Waals surface area (Å²) in [5, 5.41) is 14.2. The molecule has 94 valence electrons. The molecule has 0 bridgehead atoms. The zero-order valence-corrected chi connectivity index (χ0v) is 10.3. The summed E-state index contributed by atoms with van der Waals surface area (Å²) in [7, 11) is 0. The van der Waals surface area contributed by atoms with Crippen LogP contribution in [0.15, 0.2) is 0 Å². The topological polar surface area (TPSA) is 78.4 Å². The van der Waals surface area contributed by atoms with Gasteiger partial charge in [0.1, 0.15) is 0 Å². The van der Waals surface area contributed by atoms with Gasteiger partial charge in [-0.05, 0) is 40.2 Å². The van der Waals surface area contributed by atoms with Gasteiger partial charge in [0, 0.05) is 12.0 Å². The maximum absolute atomic E-state index is 11.3. The number of carboxylic acids is 1. The highest BCUT2D eigenvalue weighted by Gasteiger charge is 2.12. The van der Waals surface area contributed by atoms with E-state index in [1.807, 2.05) is 20.8 Å². The number of unbranched alkanes of at least 4 members (excludes halogenated alkanes) is 1. The van der Waals surface area contributed by atoms with Crippen molar-refractivity contribution >= 4 is 11.9 Å². The lowest BCUT2D eigenvalue weighted by molar-refractivity contribution is -0.137. The van der Waals surface area contributed by atoms with Crippen LogP contribution in [0.5, 0.6) is 0 Å². The van der Waals surface area contributed by atoms with Crippen molar-refractivity contribution in [1.82, 2.24) is 10.6 Å². The van der Waals surface area contributed by atoms with E-state index in [0.717, 1.165) is 6.42 Å². The summed E-state index contributed by atoms with van der Waals surface area (Å²) in [5.41, 5.74) is -0.206. The molecular weight excluding hydrogens is 208 g/mol. The third kappa shape index (κ3) is 11.0. The molecule has 3 N–H and O–H groups in total. The van der Waals surface area contributed by atoms with Crippen LogP contribution in [-0.4, -0.2) is 35.6 Å². The third-order valence-corrected chi connectivity index (χ3v) is 1.79. The Hall–Kier alpha value is -1.10. The summed E-state index contributed by atoms with van der Waals surface area (Å²) in [6.45, 7) is 6.74. The highest BCUT2D eigenvalue weighted by molar-refractivity contribution is 5.78. The molecule has 0 saturated carbocycles. The van der Waals surface area contributed by atoms with Gasteiger partial charge in [-0.1, -0.05) is 0 Å². The van der Waals surface area contributed by atoms with Gasteiger partial charge in [0.15, 0.2) is 0 Å². The number of amides is 1. The van der Waals surface area contributed by atoms with Crippen LogP contribution in [0.25, 0.3) is 0 Å². The monoisotopic (exact) mass is 230 g/mol. The van der Waals surface area contributed by atoms with Crippen LogP contribution in [0.2, 0.25) is 0 Å². The summed E-state index contributed by atoms with van der Waals surface area (Å²) in [6.07, 6.45) is 1.61. The number of hydrogen-bond acceptors (Lipinski definition) is 3. The molecule has 0 unspecified atom stereocenters. The van der Waals surface area contributed by atoms with E-state index < -0.39 is 5.97 Å². The number of carbonyl (C=O) groups excluding carboxylic acids is 1. The van der Waals surface area contributed by atoms with Crippen molar-refractivity contribution < 1.29 is 14.7 Å². The summed E-state index contributed by atoms with van der Waals surface area (Å²) in [5.74, 6) is -0.809. The zero-order valence-electron chi connectivity index (χ0n) is 10.3. The van der Waals surface area contributed by atoms with Gasteiger partial charge < -0.3 is 15.7 Å². The van der Waals surface area contributed by atoms with Crippen molar-refractivity contribution in [1.29, 1.82) is 0 Å². The van der Waals surface area contributed by atoms with Crippen LogP contribution in [-0.2, 0) is 9.59 Å². The molecule has 0 fully saturated rings. The lowest BCUT2D eigenvalue weighted by Gasteiger charge is -2.20. The summed E-state index contributed by atoms with van der Waals surface area (Å²) in [6, 6.07) is 0. The molecule has 0 aromatic carbocycles. The van der Waals surface area contributed by atoms with Gasteiger partial charge in [-0.25, -0.2) is 0 Å². The molecule has 0 heterocycles. The second kappa shape index (κ2) is 7.22. The van der Waals surface area contributed by atoms with Gasteiger partial charge in [0.05, 0.1) is 6.54 Å². The first-order valence-corrected chi connectivity index (χ1v) is 5.55. The van der Waals surface area contributed by atoms with Crippen molar-refractivity contribution in [2.45, 2.75) is 45.6 Å². The van der Waals surface area contributed by atoms with Crippen molar-refractivity contribution in [3.63, 3.8) is 0 Å². The predicted molar refractivity (Wildman–Crippen MR) is 62.3 cm³/mol. The molecule has 0 spiro atoms. The van der Waals surface area contributed by atoms with E-state index in [1.54, 1.807) is 0 Å². The van der Waals surface area contributed by atoms with Crippen LogP contribution in [0.1, 0.15) is 40.0 Å². The fourth-order valence-electron chi connectivity index (χ4n) is 1.19. The molecule has 0 aromatic heterocycles. The number of nitrogens with one attached hydrogen (secondary N) is 2. The Morgan fingerprint density at radius 2 is 1.81 bits per heavy atom. The molecule has 0 aliphatic heterocycles. The maximum Gasteiger partial charge on any atom is 0.303 e. The second-order valence-corrected chi connectivity index (χ2v) is 4.83. The fraction of sp³-hybridized carbons (Fsp3) is 0.818. The Labute approximate surface area is 96.6 Å². The normalized spacial score (nSPS) is 11.2. The molecule has 1 amide bonds. The molecule has 0 radical (unpaired) electrons. The fourth-order valence-corrected chi connectivity index (χ4v) is 1.19. The molecule has 0 rings (SSSR count). The SMILES string of the molecule is CC(C)(C)NC(=O)CNCCCCC(=O)O. The molecule has 0 atom stereocenters. The summed E-state index contributed by atoms with van der Waals surface area (Å²) in [4.78, 5) is 21.5. The molecule has 5 nitrogen and oxygen atoms in total. The van der Waals surface area contributed by atoms with Crippen molar-refractivity contribution in [2.24, 2.45) is 0 Å². The first-order chi connectivity index (χ1) is 7.31. The first kappa shape index (κ1) is 14.9. The maximum atomic E-state index is 11.3. The van der Waals surface area contributed by atoms with Crippen LogP contribution < -0.4 is 10.6 Å². The molecule has 0 aliphatic rings. The summed E-state index contributed by atoms with van der Waals surface area (Å²) < 4.78 is 0. The Morgan fingerprint density at radius 3 is 2.31 bits per heavy atom. The highest BCUT2D eigenvalue weighted by atomic mass is 16.4. The molecule has 0 aromatic rings. The van der Waals surface area contributed by atoms with Crippen LogP contribution >= 0.6 is 0 Å². The smallest absolute Gasteiger partial charge is 0.303 e. The van der Waals surface area contributed by atoms with Crippen molar-refractivity contribution in [3.8, 4) is 0 Å². The van der Waals surface area contributed by atoms with E-state index in [1.165, 1.54) is 0 Å². The first-order valence-electron chi connectivity index (χ1n) is 5.55. The van der Waals surface area contributed by atoms with Gasteiger partial charge in [0.2, 0.25) is 5.91 Å². The van der Waals surface area contributed by atoms with E-state index >= 15 is 0 Å². The Balaban J connectivity index is 3.38. The van der Waals surface area contributed by atoms with E-state index in [9.17, 15) is 9.59 Å². The average molecular weight is 230 g/mol. The average Bonchev–Trinajstić information content (AvgIpc) is 2.07.